The first-order chi connectivity index (χ1) is 16.8. The Kier molecular flexibility index (Phi) is 28.9. The first kappa shape index (κ1) is 32.8. The van der Waals surface area contributed by atoms with Crippen LogP contribution in [0.25, 0.3) is 0 Å². The van der Waals surface area contributed by atoms with Gasteiger partial charge in [0.2, 0.25) is 0 Å². The highest BCUT2D eigenvalue weighted by Crippen LogP contribution is 1.86. The van der Waals surface area contributed by atoms with Crippen LogP contribution in [0.4, 0.5) is 0 Å². The van der Waals surface area contributed by atoms with Crippen molar-refractivity contribution in [1.29, 1.82) is 0 Å². The minimum absolute atomic E-state index is 0.204. The van der Waals surface area contributed by atoms with E-state index in [1.807, 2.05) is 6.92 Å². The van der Waals surface area contributed by atoms with Crippen LogP contribution in [0.15, 0.2) is 12.7 Å². The SMILES string of the molecule is C=CC(=O)OCCOCCOCCOCCOCCOCCOCCOCCOCCOCC. The molecule has 0 aromatic carbocycles. The minimum atomic E-state index is -0.455. The number of rotatable bonds is 29. The van der Waals surface area contributed by atoms with Crippen LogP contribution in [-0.2, 0) is 52.2 Å². The minimum Gasteiger partial charge on any atom is -0.460 e. The Morgan fingerprint density at radius 2 is 0.706 bits per heavy atom. The van der Waals surface area contributed by atoms with Gasteiger partial charge in [-0.2, -0.15) is 0 Å². The average Bonchev–Trinajstić information content (AvgIpc) is 2.85. The molecule has 0 N–H and O–H groups in total. The molecule has 0 aliphatic carbocycles. The first-order valence-electron chi connectivity index (χ1n) is 11.8. The second kappa shape index (κ2) is 29.9. The fourth-order valence-electron chi connectivity index (χ4n) is 2.16. The Bertz CT molecular complexity index is 424. The van der Waals surface area contributed by atoms with Gasteiger partial charge in [0.05, 0.1) is 112 Å². The monoisotopic (exact) mass is 496 g/mol. The van der Waals surface area contributed by atoms with Gasteiger partial charge in [-0.1, -0.05) is 6.58 Å². The van der Waals surface area contributed by atoms with Gasteiger partial charge in [-0.15, -0.1) is 0 Å². The van der Waals surface area contributed by atoms with Gasteiger partial charge in [0.1, 0.15) is 6.61 Å². The molecule has 0 radical (unpaired) electrons. The van der Waals surface area contributed by atoms with Crippen molar-refractivity contribution >= 4 is 5.97 Å². The van der Waals surface area contributed by atoms with Crippen molar-refractivity contribution < 1.29 is 52.2 Å². The predicted octanol–water partition coefficient (Wildman–Crippen LogP) is 0.885. The molecule has 0 spiro atoms. The highest BCUT2D eigenvalue weighted by molar-refractivity contribution is 5.81. The summed E-state index contributed by atoms with van der Waals surface area (Å²) in [6.45, 7) is 14.8. The molecule has 0 heterocycles. The van der Waals surface area contributed by atoms with Gasteiger partial charge in [0.15, 0.2) is 0 Å². The van der Waals surface area contributed by atoms with Crippen molar-refractivity contribution in [2.75, 3.05) is 126 Å². The summed E-state index contributed by atoms with van der Waals surface area (Å²) < 4.78 is 52.9. The fraction of sp³-hybridized carbons (Fsp3) is 0.870. The Hall–Kier alpha value is -1.15. The molecular formula is C23H44O11. The van der Waals surface area contributed by atoms with Crippen molar-refractivity contribution in [3.8, 4) is 0 Å². The van der Waals surface area contributed by atoms with E-state index in [-0.39, 0.29) is 6.61 Å². The van der Waals surface area contributed by atoms with Gasteiger partial charge < -0.3 is 47.4 Å². The van der Waals surface area contributed by atoms with Crippen molar-refractivity contribution in [3.05, 3.63) is 12.7 Å². The molecule has 0 rings (SSSR count). The van der Waals surface area contributed by atoms with Gasteiger partial charge in [-0.05, 0) is 6.92 Å². The van der Waals surface area contributed by atoms with Crippen LogP contribution < -0.4 is 0 Å². The molecule has 0 aliphatic heterocycles. The van der Waals surface area contributed by atoms with E-state index in [1.54, 1.807) is 0 Å². The summed E-state index contributed by atoms with van der Waals surface area (Å²) in [5.41, 5.74) is 0. The Balaban J connectivity index is 3.03. The van der Waals surface area contributed by atoms with Crippen LogP contribution in [0.5, 0.6) is 0 Å². The van der Waals surface area contributed by atoms with E-state index in [1.165, 1.54) is 0 Å². The number of hydrogen-bond acceptors (Lipinski definition) is 11. The molecule has 0 aromatic heterocycles. The smallest absolute Gasteiger partial charge is 0.330 e. The van der Waals surface area contributed by atoms with E-state index >= 15 is 0 Å². The maximum atomic E-state index is 10.8. The van der Waals surface area contributed by atoms with Crippen LogP contribution in [0, 0.1) is 0 Å². The zero-order valence-electron chi connectivity index (χ0n) is 20.7. The van der Waals surface area contributed by atoms with Crippen LogP contribution in [0.3, 0.4) is 0 Å². The van der Waals surface area contributed by atoms with Gasteiger partial charge in [-0.25, -0.2) is 4.79 Å². The lowest BCUT2D eigenvalue weighted by atomic mass is 10.6. The molecule has 11 nitrogen and oxygen atoms in total. The third-order valence-corrected chi connectivity index (χ3v) is 3.82. The molecule has 0 bridgehead atoms. The Morgan fingerprint density at radius 3 is 0.941 bits per heavy atom. The van der Waals surface area contributed by atoms with E-state index in [4.69, 9.17) is 47.4 Å². The van der Waals surface area contributed by atoms with Crippen LogP contribution >= 0.6 is 0 Å². The highest BCUT2D eigenvalue weighted by atomic mass is 16.6. The van der Waals surface area contributed by atoms with Crippen LogP contribution in [0.1, 0.15) is 6.92 Å². The fourth-order valence-corrected chi connectivity index (χ4v) is 2.16. The van der Waals surface area contributed by atoms with Crippen LogP contribution in [-0.4, -0.2) is 132 Å². The molecule has 0 atom stereocenters. The molecule has 0 amide bonds. The average molecular weight is 497 g/mol. The Labute approximate surface area is 203 Å². The van der Waals surface area contributed by atoms with Crippen molar-refractivity contribution in [1.82, 2.24) is 0 Å². The molecule has 0 fully saturated rings. The lowest BCUT2D eigenvalue weighted by molar-refractivity contribution is -0.139. The number of carbonyl (C=O) groups is 1. The zero-order valence-corrected chi connectivity index (χ0v) is 20.7. The van der Waals surface area contributed by atoms with E-state index < -0.39 is 5.97 Å². The van der Waals surface area contributed by atoms with Gasteiger partial charge in [0, 0.05) is 12.7 Å². The summed E-state index contributed by atoms with van der Waals surface area (Å²) in [6.07, 6.45) is 1.11. The maximum absolute atomic E-state index is 10.8. The summed E-state index contributed by atoms with van der Waals surface area (Å²) in [5, 5.41) is 0. The summed E-state index contributed by atoms with van der Waals surface area (Å²) >= 11 is 0. The third-order valence-electron chi connectivity index (χ3n) is 3.82. The third kappa shape index (κ3) is 28.9. The topological polar surface area (TPSA) is 109 Å². The molecule has 202 valence electrons. The van der Waals surface area contributed by atoms with Crippen molar-refractivity contribution in [3.63, 3.8) is 0 Å². The van der Waals surface area contributed by atoms with Gasteiger partial charge in [-0.3, -0.25) is 0 Å². The lowest BCUT2D eigenvalue weighted by Crippen LogP contribution is -2.15. The number of esters is 1. The molecule has 34 heavy (non-hydrogen) atoms. The molecule has 0 saturated carbocycles. The van der Waals surface area contributed by atoms with Gasteiger partial charge >= 0.3 is 5.97 Å². The molecular weight excluding hydrogens is 452 g/mol. The maximum Gasteiger partial charge on any atom is 0.330 e. The van der Waals surface area contributed by atoms with Gasteiger partial charge in [0.25, 0.3) is 0 Å². The van der Waals surface area contributed by atoms with Crippen molar-refractivity contribution in [2.45, 2.75) is 6.92 Å². The van der Waals surface area contributed by atoms with Crippen LogP contribution in [0.2, 0.25) is 0 Å². The van der Waals surface area contributed by atoms with E-state index in [0.717, 1.165) is 6.08 Å². The number of hydrogen-bond donors (Lipinski definition) is 0. The normalized spacial score (nSPS) is 11.1. The first-order valence-corrected chi connectivity index (χ1v) is 11.8. The summed E-state index contributed by atoms with van der Waals surface area (Å²) in [6, 6.07) is 0. The molecule has 0 saturated heterocycles. The zero-order chi connectivity index (χ0) is 24.8. The van der Waals surface area contributed by atoms with Crippen molar-refractivity contribution in [2.24, 2.45) is 0 Å². The van der Waals surface area contributed by atoms with E-state index in [2.05, 4.69) is 6.58 Å². The number of ether oxygens (including phenoxy) is 10. The molecule has 0 unspecified atom stereocenters. The van der Waals surface area contributed by atoms with E-state index in [9.17, 15) is 4.79 Å². The predicted molar refractivity (Wildman–Crippen MR) is 124 cm³/mol. The second-order valence-corrected chi connectivity index (χ2v) is 6.47. The quantitative estimate of drug-likeness (QED) is 0.0836. The largest absolute Gasteiger partial charge is 0.460 e. The Morgan fingerprint density at radius 1 is 0.471 bits per heavy atom. The molecule has 0 aliphatic rings. The summed E-state index contributed by atoms with van der Waals surface area (Å²) in [5.74, 6) is -0.455. The summed E-state index contributed by atoms with van der Waals surface area (Å²) in [4.78, 5) is 10.8. The second-order valence-electron chi connectivity index (χ2n) is 6.47. The number of carbonyl (C=O) groups excluding carboxylic acids is 1. The highest BCUT2D eigenvalue weighted by Gasteiger charge is 1.96. The molecule has 0 aromatic rings. The van der Waals surface area contributed by atoms with E-state index in [0.29, 0.717) is 119 Å². The standard InChI is InChI=1S/C23H44O11/c1-3-23(24)34-22-21-33-20-19-32-18-17-31-16-15-30-14-13-29-12-11-28-10-9-27-8-7-26-6-5-25-4-2/h3H,1,4-22H2,2H3. The lowest BCUT2D eigenvalue weighted by Gasteiger charge is -2.08. The molecule has 11 heteroatoms. The summed E-state index contributed by atoms with van der Waals surface area (Å²) in [7, 11) is 0.